The van der Waals surface area contributed by atoms with Crippen LogP contribution in [0, 0.1) is 0 Å². The molecule has 3 rings (SSSR count). The Morgan fingerprint density at radius 3 is 2.84 bits per heavy atom. The van der Waals surface area contributed by atoms with Crippen molar-refractivity contribution >= 4 is 28.5 Å². The summed E-state index contributed by atoms with van der Waals surface area (Å²) in [4.78, 5) is 11.5. The lowest BCUT2D eigenvalue weighted by atomic mass is 10.2. The Bertz CT molecular complexity index is 629. The molecule has 1 aliphatic rings. The molecule has 1 aromatic heterocycles. The van der Waals surface area contributed by atoms with Gasteiger partial charge in [-0.2, -0.15) is 0 Å². The average Bonchev–Trinajstić information content (AvgIpc) is 2.74. The van der Waals surface area contributed by atoms with Crippen molar-refractivity contribution in [2.45, 2.75) is 25.5 Å². The van der Waals surface area contributed by atoms with E-state index in [9.17, 15) is 9.90 Å². The molecule has 1 atom stereocenters. The van der Waals surface area contributed by atoms with E-state index in [4.69, 9.17) is 16.3 Å². The molecule has 0 amide bonds. The Morgan fingerprint density at radius 2 is 2.16 bits per heavy atom. The second-order valence-electron chi connectivity index (χ2n) is 4.68. The molecule has 19 heavy (non-hydrogen) atoms. The van der Waals surface area contributed by atoms with Gasteiger partial charge in [0, 0.05) is 12.0 Å². The standard InChI is InChI=1S/C14H14ClNO3/c15-12-9-5-1-2-6-10(9)16(13(12)14(17)18)11-7-3-4-8-19-11/h1-2,5-6,11H,3-4,7-8H2,(H,17,18). The van der Waals surface area contributed by atoms with Crippen LogP contribution in [0.2, 0.25) is 5.02 Å². The molecular formula is C14H14ClNO3. The van der Waals surface area contributed by atoms with Crippen molar-refractivity contribution in [3.8, 4) is 0 Å². The molecular weight excluding hydrogens is 266 g/mol. The van der Waals surface area contributed by atoms with Gasteiger partial charge >= 0.3 is 5.97 Å². The van der Waals surface area contributed by atoms with Crippen molar-refractivity contribution in [3.63, 3.8) is 0 Å². The van der Waals surface area contributed by atoms with E-state index in [2.05, 4.69) is 0 Å². The van der Waals surface area contributed by atoms with Gasteiger partial charge in [0.25, 0.3) is 0 Å². The van der Waals surface area contributed by atoms with Crippen molar-refractivity contribution in [1.29, 1.82) is 0 Å². The lowest BCUT2D eigenvalue weighted by Gasteiger charge is -2.26. The first kappa shape index (κ1) is 12.5. The third-order valence-electron chi connectivity index (χ3n) is 3.50. The SMILES string of the molecule is O=C(O)c1c(Cl)c2ccccc2n1C1CCCCO1. The molecule has 1 N–H and O–H groups in total. The highest BCUT2D eigenvalue weighted by Gasteiger charge is 2.27. The molecule has 4 nitrogen and oxygen atoms in total. The molecule has 1 aliphatic heterocycles. The van der Waals surface area contributed by atoms with Crippen LogP contribution in [0.15, 0.2) is 24.3 Å². The maximum atomic E-state index is 11.5. The zero-order chi connectivity index (χ0) is 13.4. The predicted octanol–water partition coefficient (Wildman–Crippen LogP) is 3.69. The molecule has 0 spiro atoms. The summed E-state index contributed by atoms with van der Waals surface area (Å²) in [7, 11) is 0. The van der Waals surface area contributed by atoms with Crippen molar-refractivity contribution in [2.24, 2.45) is 0 Å². The summed E-state index contributed by atoms with van der Waals surface area (Å²) in [6.07, 6.45) is 2.63. The first-order valence-electron chi connectivity index (χ1n) is 6.33. The Morgan fingerprint density at radius 1 is 1.37 bits per heavy atom. The van der Waals surface area contributed by atoms with Crippen LogP contribution in [0.25, 0.3) is 10.9 Å². The molecule has 1 unspecified atom stereocenters. The van der Waals surface area contributed by atoms with E-state index < -0.39 is 5.97 Å². The average molecular weight is 280 g/mol. The van der Waals surface area contributed by atoms with E-state index in [1.807, 2.05) is 24.3 Å². The van der Waals surface area contributed by atoms with Crippen LogP contribution < -0.4 is 0 Å². The Kier molecular flexibility index (Phi) is 3.21. The van der Waals surface area contributed by atoms with Gasteiger partial charge in [0.2, 0.25) is 0 Å². The number of carbonyl (C=O) groups is 1. The zero-order valence-corrected chi connectivity index (χ0v) is 11.1. The summed E-state index contributed by atoms with van der Waals surface area (Å²) in [6.45, 7) is 0.661. The molecule has 1 aromatic carbocycles. The number of nitrogens with zero attached hydrogens (tertiary/aromatic N) is 1. The Hall–Kier alpha value is -1.52. The number of rotatable bonds is 2. The van der Waals surface area contributed by atoms with Crippen LogP contribution in [0.4, 0.5) is 0 Å². The fourth-order valence-electron chi connectivity index (χ4n) is 2.65. The minimum Gasteiger partial charge on any atom is -0.477 e. The van der Waals surface area contributed by atoms with Gasteiger partial charge in [-0.3, -0.25) is 0 Å². The van der Waals surface area contributed by atoms with E-state index in [1.54, 1.807) is 4.57 Å². The molecule has 2 aromatic rings. The molecule has 1 fully saturated rings. The second-order valence-corrected chi connectivity index (χ2v) is 5.05. The topological polar surface area (TPSA) is 51.5 Å². The van der Waals surface area contributed by atoms with Gasteiger partial charge in [-0.1, -0.05) is 29.8 Å². The molecule has 5 heteroatoms. The number of halogens is 1. The summed E-state index contributed by atoms with van der Waals surface area (Å²) in [5, 5.41) is 10.5. The fraction of sp³-hybridized carbons (Fsp3) is 0.357. The first-order valence-corrected chi connectivity index (χ1v) is 6.71. The van der Waals surface area contributed by atoms with Crippen molar-refractivity contribution in [3.05, 3.63) is 35.0 Å². The van der Waals surface area contributed by atoms with E-state index in [0.717, 1.165) is 30.2 Å². The summed E-state index contributed by atoms with van der Waals surface area (Å²) < 4.78 is 7.44. The Labute approximate surface area is 115 Å². The number of ether oxygens (including phenoxy) is 1. The smallest absolute Gasteiger partial charge is 0.354 e. The number of hydrogen-bond donors (Lipinski definition) is 1. The lowest BCUT2D eigenvalue weighted by Crippen LogP contribution is -2.21. The number of aromatic carboxylic acids is 1. The third-order valence-corrected chi connectivity index (χ3v) is 3.88. The molecule has 0 bridgehead atoms. The third kappa shape index (κ3) is 2.01. The van der Waals surface area contributed by atoms with Gasteiger partial charge in [-0.05, 0) is 25.3 Å². The first-order chi connectivity index (χ1) is 9.20. The van der Waals surface area contributed by atoms with Crippen LogP contribution in [0.3, 0.4) is 0 Å². The van der Waals surface area contributed by atoms with Crippen LogP contribution >= 0.6 is 11.6 Å². The van der Waals surface area contributed by atoms with Crippen LogP contribution in [0.5, 0.6) is 0 Å². The van der Waals surface area contributed by atoms with Gasteiger partial charge in [0.1, 0.15) is 11.9 Å². The van der Waals surface area contributed by atoms with Crippen LogP contribution in [0.1, 0.15) is 36.0 Å². The van der Waals surface area contributed by atoms with Gasteiger partial charge in [-0.25, -0.2) is 4.79 Å². The van der Waals surface area contributed by atoms with E-state index in [-0.39, 0.29) is 16.9 Å². The molecule has 0 saturated carbocycles. The lowest BCUT2D eigenvalue weighted by molar-refractivity contribution is -0.0309. The quantitative estimate of drug-likeness (QED) is 0.912. The van der Waals surface area contributed by atoms with Crippen LogP contribution in [-0.4, -0.2) is 22.2 Å². The molecule has 2 heterocycles. The van der Waals surface area contributed by atoms with E-state index in [0.29, 0.717) is 6.61 Å². The highest BCUT2D eigenvalue weighted by Crippen LogP contribution is 2.36. The number of benzene rings is 1. The number of fused-ring (bicyclic) bond motifs is 1. The minimum atomic E-state index is -1.02. The zero-order valence-electron chi connectivity index (χ0n) is 10.3. The maximum Gasteiger partial charge on any atom is 0.354 e. The number of aromatic nitrogens is 1. The molecule has 1 saturated heterocycles. The maximum absolute atomic E-state index is 11.5. The largest absolute Gasteiger partial charge is 0.477 e. The van der Waals surface area contributed by atoms with Crippen LogP contribution in [-0.2, 0) is 4.74 Å². The Balaban J connectivity index is 2.25. The minimum absolute atomic E-state index is 0.120. The van der Waals surface area contributed by atoms with Crippen molar-refractivity contribution in [1.82, 2.24) is 4.57 Å². The van der Waals surface area contributed by atoms with E-state index in [1.165, 1.54) is 0 Å². The molecule has 0 aliphatic carbocycles. The predicted molar refractivity (Wildman–Crippen MR) is 72.7 cm³/mol. The fourth-order valence-corrected chi connectivity index (χ4v) is 2.98. The number of para-hydroxylation sites is 1. The highest BCUT2D eigenvalue weighted by molar-refractivity contribution is 6.38. The number of carboxylic acids is 1. The monoisotopic (exact) mass is 279 g/mol. The summed E-state index contributed by atoms with van der Waals surface area (Å²) in [5.74, 6) is -1.02. The normalized spacial score (nSPS) is 19.7. The summed E-state index contributed by atoms with van der Waals surface area (Å²) in [6, 6.07) is 7.45. The molecule has 0 radical (unpaired) electrons. The van der Waals surface area contributed by atoms with E-state index >= 15 is 0 Å². The van der Waals surface area contributed by atoms with Crippen molar-refractivity contribution < 1.29 is 14.6 Å². The summed E-state index contributed by atoms with van der Waals surface area (Å²) in [5.41, 5.74) is 0.937. The van der Waals surface area contributed by atoms with Gasteiger partial charge < -0.3 is 14.4 Å². The van der Waals surface area contributed by atoms with Gasteiger partial charge in [-0.15, -0.1) is 0 Å². The molecule has 100 valence electrons. The second kappa shape index (κ2) is 4.87. The van der Waals surface area contributed by atoms with Crippen molar-refractivity contribution in [2.75, 3.05) is 6.61 Å². The number of hydrogen-bond acceptors (Lipinski definition) is 2. The van der Waals surface area contributed by atoms with Gasteiger partial charge in [0.05, 0.1) is 10.5 Å². The summed E-state index contributed by atoms with van der Waals surface area (Å²) >= 11 is 6.22. The highest BCUT2D eigenvalue weighted by atomic mass is 35.5. The number of carboxylic acid groups (broad SMARTS) is 1. The van der Waals surface area contributed by atoms with Gasteiger partial charge in [0.15, 0.2) is 0 Å².